The summed E-state index contributed by atoms with van der Waals surface area (Å²) in [4.78, 5) is 14.7. The molecular weight excluding hydrogens is 396 g/mol. The summed E-state index contributed by atoms with van der Waals surface area (Å²) in [6.07, 6.45) is 0.640. The second-order valence-electron chi connectivity index (χ2n) is 7.03. The highest BCUT2D eigenvalue weighted by atomic mass is 32.2. The Bertz CT molecular complexity index is 1180. The Hall–Kier alpha value is -3.14. The predicted octanol–water partition coefficient (Wildman–Crippen LogP) is 2.59. The molecule has 0 fully saturated rings. The highest BCUT2D eigenvalue weighted by molar-refractivity contribution is 7.92. The van der Waals surface area contributed by atoms with Gasteiger partial charge in [-0.2, -0.15) is 0 Å². The first-order valence-corrected chi connectivity index (χ1v) is 10.5. The van der Waals surface area contributed by atoms with Gasteiger partial charge in [-0.05, 0) is 50.5 Å². The fraction of sp³-hybridized carbons (Fsp3) is 0.316. The number of anilines is 1. The van der Waals surface area contributed by atoms with Crippen LogP contribution in [0.15, 0.2) is 38.2 Å². The standard InChI is InChI=1S/C19H20N4O5S/c1-11-8-17(21-27-11)22-29(25,26)16-5-4-14-6-7-23(10-15(14)9-16)19(24)18-12(2)20-28-13(18)3/h4-5,8-9H,6-7,10H2,1-3H3,(H,21,22). The molecule has 10 heteroatoms. The summed E-state index contributed by atoms with van der Waals surface area (Å²) in [6, 6.07) is 6.44. The van der Waals surface area contributed by atoms with E-state index < -0.39 is 10.0 Å². The molecule has 2 aromatic heterocycles. The second kappa shape index (κ2) is 7.03. The molecular formula is C19H20N4O5S. The summed E-state index contributed by atoms with van der Waals surface area (Å²) in [6.45, 7) is 5.95. The summed E-state index contributed by atoms with van der Waals surface area (Å²) in [5, 5.41) is 7.50. The number of hydrogen-bond donors (Lipinski definition) is 1. The molecule has 0 aliphatic carbocycles. The monoisotopic (exact) mass is 416 g/mol. The van der Waals surface area contributed by atoms with Crippen molar-refractivity contribution in [2.24, 2.45) is 0 Å². The van der Waals surface area contributed by atoms with E-state index in [0.717, 1.165) is 11.1 Å². The van der Waals surface area contributed by atoms with Gasteiger partial charge >= 0.3 is 0 Å². The van der Waals surface area contributed by atoms with Crippen molar-refractivity contribution in [2.45, 2.75) is 38.6 Å². The number of carbonyl (C=O) groups excluding carboxylic acids is 1. The van der Waals surface area contributed by atoms with E-state index in [-0.39, 0.29) is 16.6 Å². The number of hydrogen-bond acceptors (Lipinski definition) is 7. The number of nitrogens with zero attached hydrogens (tertiary/aromatic N) is 3. The molecule has 9 nitrogen and oxygen atoms in total. The Balaban J connectivity index is 1.59. The molecule has 1 aliphatic rings. The molecule has 0 spiro atoms. The highest BCUT2D eigenvalue weighted by Crippen LogP contribution is 2.26. The van der Waals surface area contributed by atoms with Crippen LogP contribution >= 0.6 is 0 Å². The van der Waals surface area contributed by atoms with Gasteiger partial charge in [0.15, 0.2) is 5.82 Å². The van der Waals surface area contributed by atoms with Crippen molar-refractivity contribution >= 4 is 21.7 Å². The molecule has 0 atom stereocenters. The van der Waals surface area contributed by atoms with E-state index in [1.807, 2.05) is 0 Å². The molecule has 1 amide bonds. The van der Waals surface area contributed by atoms with E-state index >= 15 is 0 Å². The molecule has 152 valence electrons. The molecule has 0 bridgehead atoms. The van der Waals surface area contributed by atoms with Gasteiger partial charge in [-0.1, -0.05) is 16.4 Å². The maximum Gasteiger partial charge on any atom is 0.263 e. The lowest BCUT2D eigenvalue weighted by Gasteiger charge is -2.29. The van der Waals surface area contributed by atoms with Crippen LogP contribution in [0.2, 0.25) is 0 Å². The topological polar surface area (TPSA) is 119 Å². The third-order valence-corrected chi connectivity index (χ3v) is 6.25. The van der Waals surface area contributed by atoms with E-state index in [2.05, 4.69) is 15.0 Å². The van der Waals surface area contributed by atoms with Crippen LogP contribution in [-0.4, -0.2) is 36.1 Å². The minimum Gasteiger partial charge on any atom is -0.361 e. The van der Waals surface area contributed by atoms with Gasteiger partial charge in [0.05, 0.1) is 10.6 Å². The van der Waals surface area contributed by atoms with Gasteiger partial charge in [-0.15, -0.1) is 0 Å². The lowest BCUT2D eigenvalue weighted by molar-refractivity contribution is 0.0732. The van der Waals surface area contributed by atoms with Crippen LogP contribution in [0.4, 0.5) is 5.82 Å². The zero-order valence-corrected chi connectivity index (χ0v) is 17.0. The lowest BCUT2D eigenvalue weighted by atomic mass is 9.99. The number of sulfonamides is 1. The van der Waals surface area contributed by atoms with Crippen LogP contribution in [-0.2, 0) is 23.0 Å². The van der Waals surface area contributed by atoms with Gasteiger partial charge in [0.25, 0.3) is 15.9 Å². The third-order valence-electron chi connectivity index (χ3n) is 4.90. The molecule has 0 saturated heterocycles. The quantitative estimate of drug-likeness (QED) is 0.694. The van der Waals surface area contributed by atoms with Gasteiger partial charge in [-0.3, -0.25) is 9.52 Å². The van der Waals surface area contributed by atoms with E-state index in [1.54, 1.807) is 43.9 Å². The Labute approximate surface area is 167 Å². The predicted molar refractivity (Wildman–Crippen MR) is 103 cm³/mol. The Kier molecular flexibility index (Phi) is 4.65. The number of fused-ring (bicyclic) bond motifs is 1. The lowest BCUT2D eigenvalue weighted by Crippen LogP contribution is -2.36. The van der Waals surface area contributed by atoms with Crippen LogP contribution in [0.3, 0.4) is 0 Å². The fourth-order valence-corrected chi connectivity index (χ4v) is 4.47. The number of aryl methyl sites for hydroxylation is 3. The highest BCUT2D eigenvalue weighted by Gasteiger charge is 2.27. The van der Waals surface area contributed by atoms with Crippen molar-refractivity contribution in [2.75, 3.05) is 11.3 Å². The van der Waals surface area contributed by atoms with E-state index in [0.29, 0.717) is 42.3 Å². The average molecular weight is 416 g/mol. The van der Waals surface area contributed by atoms with Crippen molar-refractivity contribution in [3.05, 3.63) is 58.2 Å². The summed E-state index contributed by atoms with van der Waals surface area (Å²) < 4.78 is 37.8. The Morgan fingerprint density at radius 2 is 1.90 bits per heavy atom. The van der Waals surface area contributed by atoms with Gasteiger partial charge in [0.2, 0.25) is 0 Å². The molecule has 4 rings (SSSR count). The second-order valence-corrected chi connectivity index (χ2v) is 8.72. The van der Waals surface area contributed by atoms with Crippen molar-refractivity contribution in [3.8, 4) is 0 Å². The molecule has 29 heavy (non-hydrogen) atoms. The fourth-order valence-electron chi connectivity index (χ4n) is 3.43. The number of rotatable bonds is 4. The SMILES string of the molecule is Cc1cc(NS(=O)(=O)c2ccc3c(c2)CN(C(=O)c2c(C)noc2C)CC3)no1. The van der Waals surface area contributed by atoms with Gasteiger partial charge in [-0.25, -0.2) is 8.42 Å². The van der Waals surface area contributed by atoms with Crippen LogP contribution in [0, 0.1) is 20.8 Å². The first-order valence-electron chi connectivity index (χ1n) is 9.04. The first kappa shape index (κ1) is 19.2. The van der Waals surface area contributed by atoms with Crippen molar-refractivity contribution in [1.29, 1.82) is 0 Å². The minimum absolute atomic E-state index is 0.101. The van der Waals surface area contributed by atoms with Crippen molar-refractivity contribution < 1.29 is 22.3 Å². The smallest absolute Gasteiger partial charge is 0.263 e. The molecule has 1 aromatic carbocycles. The van der Waals surface area contributed by atoms with Crippen LogP contribution in [0.25, 0.3) is 0 Å². The molecule has 0 saturated carbocycles. The third kappa shape index (κ3) is 3.63. The number of aromatic nitrogens is 2. The number of benzene rings is 1. The minimum atomic E-state index is -3.83. The maximum atomic E-state index is 12.9. The summed E-state index contributed by atoms with van der Waals surface area (Å²) >= 11 is 0. The molecule has 3 heterocycles. The molecule has 0 unspecified atom stereocenters. The molecule has 1 N–H and O–H groups in total. The first-order chi connectivity index (χ1) is 13.7. The Morgan fingerprint density at radius 3 is 2.55 bits per heavy atom. The Morgan fingerprint density at radius 1 is 1.10 bits per heavy atom. The largest absolute Gasteiger partial charge is 0.361 e. The van der Waals surface area contributed by atoms with Gasteiger partial charge in [0, 0.05) is 19.2 Å². The number of carbonyl (C=O) groups is 1. The van der Waals surface area contributed by atoms with Gasteiger partial charge < -0.3 is 13.9 Å². The van der Waals surface area contributed by atoms with Crippen LogP contribution < -0.4 is 4.72 Å². The zero-order valence-electron chi connectivity index (χ0n) is 16.2. The van der Waals surface area contributed by atoms with Crippen LogP contribution in [0.1, 0.15) is 38.7 Å². The maximum absolute atomic E-state index is 12.9. The summed E-state index contributed by atoms with van der Waals surface area (Å²) in [7, 11) is -3.83. The van der Waals surface area contributed by atoms with Crippen molar-refractivity contribution in [1.82, 2.24) is 15.2 Å². The molecule has 0 radical (unpaired) electrons. The summed E-state index contributed by atoms with van der Waals surface area (Å²) in [5.74, 6) is 0.926. The van der Waals surface area contributed by atoms with Gasteiger partial charge in [0.1, 0.15) is 17.1 Å². The molecule has 3 aromatic rings. The van der Waals surface area contributed by atoms with E-state index in [9.17, 15) is 13.2 Å². The molecule has 1 aliphatic heterocycles. The number of amides is 1. The zero-order chi connectivity index (χ0) is 20.8. The van der Waals surface area contributed by atoms with E-state index in [1.165, 1.54) is 6.07 Å². The average Bonchev–Trinajstić information content (AvgIpc) is 3.24. The van der Waals surface area contributed by atoms with E-state index in [4.69, 9.17) is 9.05 Å². The summed E-state index contributed by atoms with van der Waals surface area (Å²) in [5.41, 5.74) is 2.81. The number of nitrogens with one attached hydrogen (secondary N) is 1. The van der Waals surface area contributed by atoms with Crippen molar-refractivity contribution in [3.63, 3.8) is 0 Å². The van der Waals surface area contributed by atoms with Crippen LogP contribution in [0.5, 0.6) is 0 Å². The normalized spacial score (nSPS) is 14.0.